The van der Waals surface area contributed by atoms with Crippen molar-refractivity contribution in [1.29, 1.82) is 0 Å². The van der Waals surface area contributed by atoms with Gasteiger partial charge in [0, 0.05) is 27.3 Å². The molecule has 2 N–H and O–H groups in total. The van der Waals surface area contributed by atoms with Crippen molar-refractivity contribution in [2.75, 3.05) is 13.6 Å². The van der Waals surface area contributed by atoms with E-state index < -0.39 is 0 Å². The van der Waals surface area contributed by atoms with Crippen LogP contribution in [0.4, 0.5) is 0 Å². The molecule has 2 nitrogen and oxygen atoms in total. The Labute approximate surface area is 116 Å². The molecule has 1 aromatic rings. The Balaban J connectivity index is 2.06. The van der Waals surface area contributed by atoms with Crippen LogP contribution in [-0.4, -0.2) is 24.5 Å². The van der Waals surface area contributed by atoms with Crippen LogP contribution >= 0.6 is 27.3 Å². The lowest BCUT2D eigenvalue weighted by Crippen LogP contribution is -2.37. The van der Waals surface area contributed by atoms with Gasteiger partial charge in [0.1, 0.15) is 0 Å². The maximum absolute atomic E-state index is 6.16. The van der Waals surface area contributed by atoms with E-state index >= 15 is 0 Å². The van der Waals surface area contributed by atoms with Gasteiger partial charge in [0.25, 0.3) is 0 Å². The van der Waals surface area contributed by atoms with E-state index in [2.05, 4.69) is 53.2 Å². The fraction of sp³-hybridized carbons (Fsp3) is 0.692. The van der Waals surface area contributed by atoms with Gasteiger partial charge in [0.15, 0.2) is 0 Å². The van der Waals surface area contributed by atoms with Crippen LogP contribution in [0.1, 0.15) is 31.2 Å². The minimum atomic E-state index is 0.166. The van der Waals surface area contributed by atoms with Gasteiger partial charge in [0.05, 0.1) is 6.04 Å². The zero-order valence-corrected chi connectivity index (χ0v) is 13.1. The molecule has 0 aromatic carbocycles. The summed E-state index contributed by atoms with van der Waals surface area (Å²) >= 11 is 5.32. The number of halogens is 1. The van der Waals surface area contributed by atoms with Crippen LogP contribution in [0.5, 0.6) is 0 Å². The highest BCUT2D eigenvalue weighted by atomic mass is 79.9. The monoisotopic (exact) mass is 316 g/mol. The molecule has 0 saturated heterocycles. The first-order valence-electron chi connectivity index (χ1n) is 6.18. The zero-order valence-electron chi connectivity index (χ0n) is 10.7. The molecule has 4 atom stereocenters. The van der Waals surface area contributed by atoms with Crippen LogP contribution in [-0.2, 0) is 0 Å². The first kappa shape index (κ1) is 13.5. The van der Waals surface area contributed by atoms with Gasteiger partial charge in [-0.05, 0) is 54.2 Å². The molecule has 2 rings (SSSR count). The summed E-state index contributed by atoms with van der Waals surface area (Å²) in [5, 5.41) is 2.14. The van der Waals surface area contributed by atoms with Crippen molar-refractivity contribution in [3.63, 3.8) is 0 Å². The molecule has 0 radical (unpaired) electrons. The number of nitrogens with two attached hydrogens (primary N) is 1. The van der Waals surface area contributed by atoms with Gasteiger partial charge in [-0.2, -0.15) is 0 Å². The third-order valence-corrected chi connectivity index (χ3v) is 5.41. The Bertz CT molecular complexity index is 377. The lowest BCUT2D eigenvalue weighted by atomic mass is 10.1. The summed E-state index contributed by atoms with van der Waals surface area (Å²) in [5.41, 5.74) is 6.16. The second kappa shape index (κ2) is 5.39. The van der Waals surface area contributed by atoms with Crippen molar-refractivity contribution in [1.82, 2.24) is 4.90 Å². The fourth-order valence-electron chi connectivity index (χ4n) is 2.50. The highest BCUT2D eigenvalue weighted by Crippen LogP contribution is 2.40. The molecule has 0 aliphatic heterocycles. The lowest BCUT2D eigenvalue weighted by Gasteiger charge is -2.30. The minimum Gasteiger partial charge on any atom is -0.326 e. The molecule has 1 aliphatic carbocycles. The quantitative estimate of drug-likeness (QED) is 0.901. The largest absolute Gasteiger partial charge is 0.326 e. The number of hydrogen-bond donors (Lipinski definition) is 1. The molecule has 4 heteroatoms. The number of rotatable bonds is 5. The minimum absolute atomic E-state index is 0.166. The van der Waals surface area contributed by atoms with Gasteiger partial charge < -0.3 is 5.73 Å². The summed E-state index contributed by atoms with van der Waals surface area (Å²) in [5.74, 6) is 1.78. The maximum atomic E-state index is 6.16. The molecule has 0 spiro atoms. The standard InChI is InChI=1S/C13H21BrN2S/c1-8-4-10(8)6-16(3)13(9(2)15)12-5-11(14)7-17-12/h5,7-10,13H,4,6,15H2,1-3H3. The van der Waals surface area contributed by atoms with E-state index in [1.165, 1.54) is 17.8 Å². The second-order valence-electron chi connectivity index (χ2n) is 5.38. The van der Waals surface area contributed by atoms with Gasteiger partial charge in [0.2, 0.25) is 0 Å². The lowest BCUT2D eigenvalue weighted by molar-refractivity contribution is 0.211. The Morgan fingerprint density at radius 2 is 2.29 bits per heavy atom. The first-order valence-corrected chi connectivity index (χ1v) is 7.86. The van der Waals surface area contributed by atoms with E-state index in [4.69, 9.17) is 5.73 Å². The Morgan fingerprint density at radius 1 is 1.65 bits per heavy atom. The van der Waals surface area contributed by atoms with Gasteiger partial charge in [-0.25, -0.2) is 0 Å². The van der Waals surface area contributed by atoms with E-state index in [0.717, 1.165) is 16.3 Å². The third kappa shape index (κ3) is 3.31. The first-order chi connectivity index (χ1) is 7.99. The van der Waals surface area contributed by atoms with Crippen molar-refractivity contribution in [3.05, 3.63) is 20.8 Å². The molecule has 0 bridgehead atoms. The molecule has 1 heterocycles. The number of likely N-dealkylation sites (N-methyl/N-ethyl adjacent to an activating group) is 1. The Morgan fingerprint density at radius 3 is 2.71 bits per heavy atom. The van der Waals surface area contributed by atoms with Crippen LogP contribution in [0.3, 0.4) is 0 Å². The summed E-state index contributed by atoms with van der Waals surface area (Å²) < 4.78 is 1.16. The van der Waals surface area contributed by atoms with Gasteiger partial charge in [-0.15, -0.1) is 11.3 Å². The predicted octanol–water partition coefficient (Wildman–Crippen LogP) is 3.49. The molecule has 96 valence electrons. The second-order valence-corrected chi connectivity index (χ2v) is 7.24. The van der Waals surface area contributed by atoms with Gasteiger partial charge >= 0.3 is 0 Å². The molecular weight excluding hydrogens is 296 g/mol. The SMILES string of the molecule is CC(N)C(c1cc(Br)cs1)N(C)CC1CC1C. The molecule has 1 fully saturated rings. The van der Waals surface area contributed by atoms with Crippen molar-refractivity contribution < 1.29 is 0 Å². The van der Waals surface area contributed by atoms with E-state index in [9.17, 15) is 0 Å². The van der Waals surface area contributed by atoms with Crippen LogP contribution in [0.2, 0.25) is 0 Å². The summed E-state index contributed by atoms with van der Waals surface area (Å²) in [6.07, 6.45) is 1.38. The van der Waals surface area contributed by atoms with E-state index in [1.54, 1.807) is 11.3 Å². The van der Waals surface area contributed by atoms with E-state index in [0.29, 0.717) is 6.04 Å². The Hall–Kier alpha value is 0.1000. The number of hydrogen-bond acceptors (Lipinski definition) is 3. The van der Waals surface area contributed by atoms with Crippen LogP contribution < -0.4 is 5.73 Å². The highest BCUT2D eigenvalue weighted by Gasteiger charge is 2.35. The third-order valence-electron chi connectivity index (χ3n) is 3.65. The van der Waals surface area contributed by atoms with Crippen LogP contribution in [0, 0.1) is 11.8 Å². The summed E-state index contributed by atoms with van der Waals surface area (Å²) in [6.45, 7) is 5.61. The summed E-state index contributed by atoms with van der Waals surface area (Å²) in [6, 6.07) is 2.71. The van der Waals surface area contributed by atoms with Crippen molar-refractivity contribution in [3.8, 4) is 0 Å². The van der Waals surface area contributed by atoms with Gasteiger partial charge in [-0.1, -0.05) is 6.92 Å². The molecule has 4 unspecified atom stereocenters. The molecular formula is C13H21BrN2S. The summed E-state index contributed by atoms with van der Waals surface area (Å²) in [4.78, 5) is 3.79. The number of thiophene rings is 1. The van der Waals surface area contributed by atoms with E-state index in [-0.39, 0.29) is 6.04 Å². The highest BCUT2D eigenvalue weighted by molar-refractivity contribution is 9.10. The molecule has 0 amide bonds. The maximum Gasteiger partial charge on any atom is 0.0588 e. The topological polar surface area (TPSA) is 29.3 Å². The average Bonchev–Trinajstić information content (AvgIpc) is 2.73. The van der Waals surface area contributed by atoms with E-state index in [1.807, 2.05) is 0 Å². The average molecular weight is 317 g/mol. The van der Waals surface area contributed by atoms with Crippen LogP contribution in [0.25, 0.3) is 0 Å². The van der Waals surface area contributed by atoms with Crippen molar-refractivity contribution in [2.45, 2.75) is 32.4 Å². The molecule has 1 saturated carbocycles. The van der Waals surface area contributed by atoms with Crippen molar-refractivity contribution >= 4 is 27.3 Å². The predicted molar refractivity (Wildman–Crippen MR) is 78.3 cm³/mol. The Kier molecular flexibility index (Phi) is 4.29. The smallest absolute Gasteiger partial charge is 0.0588 e. The summed E-state index contributed by atoms with van der Waals surface area (Å²) in [7, 11) is 2.20. The fourth-order valence-corrected chi connectivity index (χ4v) is 4.22. The normalized spacial score (nSPS) is 27.2. The number of nitrogens with zero attached hydrogens (tertiary/aromatic N) is 1. The molecule has 1 aromatic heterocycles. The van der Waals surface area contributed by atoms with Crippen molar-refractivity contribution in [2.24, 2.45) is 17.6 Å². The van der Waals surface area contributed by atoms with Crippen LogP contribution in [0.15, 0.2) is 15.9 Å². The van der Waals surface area contributed by atoms with Gasteiger partial charge in [-0.3, -0.25) is 4.90 Å². The molecule has 1 aliphatic rings. The zero-order chi connectivity index (χ0) is 12.6. The molecule has 17 heavy (non-hydrogen) atoms.